The number of rotatable bonds is 2. The fourth-order valence-electron chi connectivity index (χ4n) is 2.24. The quantitative estimate of drug-likeness (QED) is 0.695. The molecule has 3 rings (SSSR count). The second-order valence-electron chi connectivity index (χ2n) is 4.35. The monoisotopic (exact) mass is 268 g/mol. The Bertz CT molecular complexity index is 813. The first kappa shape index (κ1) is 12.4. The molecule has 98 valence electrons. The van der Waals surface area contributed by atoms with Gasteiger partial charge in [0.25, 0.3) is 6.43 Å². The Morgan fingerprint density at radius 3 is 2.75 bits per heavy atom. The molecule has 1 N–H and O–H groups in total. The number of aromatic amines is 1. The third-order valence-corrected chi connectivity index (χ3v) is 3.18. The third-order valence-electron chi connectivity index (χ3n) is 3.18. The van der Waals surface area contributed by atoms with Crippen molar-refractivity contribution in [1.29, 1.82) is 0 Å². The molecular weight excluding hydrogens is 258 g/mol. The van der Waals surface area contributed by atoms with Crippen LogP contribution in [0.2, 0.25) is 0 Å². The highest BCUT2D eigenvalue weighted by molar-refractivity contribution is 5.95. The maximum atomic E-state index is 13.1. The molecule has 0 atom stereocenters. The van der Waals surface area contributed by atoms with E-state index in [-0.39, 0.29) is 5.56 Å². The van der Waals surface area contributed by atoms with Gasteiger partial charge >= 0.3 is 0 Å². The minimum absolute atomic E-state index is 0.000453. The molecule has 0 unspecified atom stereocenters. The van der Waals surface area contributed by atoms with E-state index in [1.807, 2.05) is 0 Å². The molecule has 2 heterocycles. The van der Waals surface area contributed by atoms with Crippen LogP contribution in [0.15, 0.2) is 42.7 Å². The summed E-state index contributed by atoms with van der Waals surface area (Å²) in [5.41, 5.74) is 2.42. The first-order chi connectivity index (χ1) is 9.70. The number of hydrogen-bond acceptors (Lipinski definition) is 1. The molecular formula is C16H10F2N2. The van der Waals surface area contributed by atoms with E-state index in [0.717, 1.165) is 5.39 Å². The van der Waals surface area contributed by atoms with E-state index in [1.54, 1.807) is 36.7 Å². The van der Waals surface area contributed by atoms with E-state index in [2.05, 4.69) is 15.9 Å². The second kappa shape index (κ2) is 4.78. The SMILES string of the molecule is C#Cc1cnc2[nH]cc(-c3ccccc3C(F)F)c2c1. The van der Waals surface area contributed by atoms with Gasteiger partial charge in [-0.1, -0.05) is 30.2 Å². The first-order valence-electron chi connectivity index (χ1n) is 6.02. The molecule has 0 aliphatic rings. The highest BCUT2D eigenvalue weighted by Gasteiger charge is 2.16. The highest BCUT2D eigenvalue weighted by Crippen LogP contribution is 2.34. The molecule has 0 aliphatic heterocycles. The van der Waals surface area contributed by atoms with Gasteiger partial charge in [0.15, 0.2) is 0 Å². The zero-order valence-corrected chi connectivity index (χ0v) is 10.4. The average molecular weight is 268 g/mol. The Balaban J connectivity index is 2.28. The Hall–Kier alpha value is -2.67. The van der Waals surface area contributed by atoms with E-state index in [4.69, 9.17) is 6.42 Å². The van der Waals surface area contributed by atoms with Crippen LogP contribution < -0.4 is 0 Å². The summed E-state index contributed by atoms with van der Waals surface area (Å²) in [6.07, 6.45) is 6.08. The van der Waals surface area contributed by atoms with Crippen molar-refractivity contribution in [2.75, 3.05) is 0 Å². The van der Waals surface area contributed by atoms with Crippen LogP contribution in [0.1, 0.15) is 17.6 Å². The number of terminal acetylenes is 1. The fourth-order valence-corrected chi connectivity index (χ4v) is 2.24. The van der Waals surface area contributed by atoms with Gasteiger partial charge in [-0.05, 0) is 11.6 Å². The summed E-state index contributed by atoms with van der Waals surface area (Å²) in [6.45, 7) is 0. The van der Waals surface area contributed by atoms with E-state index in [0.29, 0.717) is 22.3 Å². The van der Waals surface area contributed by atoms with Crippen molar-refractivity contribution in [2.45, 2.75) is 6.43 Å². The number of pyridine rings is 1. The zero-order valence-electron chi connectivity index (χ0n) is 10.4. The lowest BCUT2D eigenvalue weighted by atomic mass is 9.99. The van der Waals surface area contributed by atoms with E-state index < -0.39 is 6.43 Å². The molecule has 2 aromatic heterocycles. The van der Waals surface area contributed by atoms with Gasteiger partial charge in [-0.25, -0.2) is 13.8 Å². The van der Waals surface area contributed by atoms with Crippen molar-refractivity contribution in [3.8, 4) is 23.5 Å². The number of H-pyrrole nitrogens is 1. The molecule has 2 nitrogen and oxygen atoms in total. The molecule has 1 aromatic carbocycles. The molecule has 0 bridgehead atoms. The van der Waals surface area contributed by atoms with Crippen molar-refractivity contribution >= 4 is 11.0 Å². The normalized spacial score (nSPS) is 10.9. The Morgan fingerprint density at radius 2 is 2.00 bits per heavy atom. The lowest BCUT2D eigenvalue weighted by Gasteiger charge is -2.07. The predicted octanol–water partition coefficient (Wildman–Crippen LogP) is 4.15. The number of hydrogen-bond donors (Lipinski definition) is 1. The summed E-state index contributed by atoms with van der Waals surface area (Å²) in [4.78, 5) is 7.17. The smallest absolute Gasteiger partial charge is 0.264 e. The minimum atomic E-state index is -2.53. The molecule has 0 radical (unpaired) electrons. The van der Waals surface area contributed by atoms with Crippen LogP contribution in [0.5, 0.6) is 0 Å². The van der Waals surface area contributed by atoms with Crippen LogP contribution in [0.4, 0.5) is 8.78 Å². The highest BCUT2D eigenvalue weighted by atomic mass is 19.3. The van der Waals surface area contributed by atoms with Gasteiger partial charge in [0.05, 0.1) is 0 Å². The molecule has 0 amide bonds. The lowest BCUT2D eigenvalue weighted by molar-refractivity contribution is 0.152. The summed E-state index contributed by atoms with van der Waals surface area (Å²) in [7, 11) is 0. The maximum Gasteiger partial charge on any atom is 0.264 e. The molecule has 4 heteroatoms. The maximum absolute atomic E-state index is 13.1. The van der Waals surface area contributed by atoms with E-state index >= 15 is 0 Å². The number of nitrogens with zero attached hydrogens (tertiary/aromatic N) is 1. The minimum Gasteiger partial charge on any atom is -0.346 e. The van der Waals surface area contributed by atoms with E-state index in [9.17, 15) is 8.78 Å². The third kappa shape index (κ3) is 1.94. The van der Waals surface area contributed by atoms with Crippen LogP contribution in [-0.4, -0.2) is 9.97 Å². The summed E-state index contributed by atoms with van der Waals surface area (Å²) < 4.78 is 26.2. The Labute approximate surface area is 114 Å². The lowest BCUT2D eigenvalue weighted by Crippen LogP contribution is -1.89. The van der Waals surface area contributed by atoms with Gasteiger partial charge in [-0.15, -0.1) is 6.42 Å². The predicted molar refractivity (Wildman–Crippen MR) is 74.4 cm³/mol. The van der Waals surface area contributed by atoms with Crippen molar-refractivity contribution in [3.05, 3.63) is 53.9 Å². The average Bonchev–Trinajstić information content (AvgIpc) is 2.89. The Kier molecular flexibility index (Phi) is 2.96. The number of benzene rings is 1. The van der Waals surface area contributed by atoms with Crippen molar-refractivity contribution in [3.63, 3.8) is 0 Å². The molecule has 0 saturated carbocycles. The van der Waals surface area contributed by atoms with Gasteiger partial charge in [0.2, 0.25) is 0 Å². The number of nitrogens with one attached hydrogen (secondary N) is 1. The molecule has 0 aliphatic carbocycles. The molecule has 0 spiro atoms. The molecule has 3 aromatic rings. The number of halogens is 2. The van der Waals surface area contributed by atoms with Crippen LogP contribution >= 0.6 is 0 Å². The first-order valence-corrected chi connectivity index (χ1v) is 6.02. The molecule has 0 fully saturated rings. The van der Waals surface area contributed by atoms with Crippen molar-refractivity contribution in [2.24, 2.45) is 0 Å². The van der Waals surface area contributed by atoms with Gasteiger partial charge in [-0.3, -0.25) is 0 Å². The van der Waals surface area contributed by atoms with Crippen LogP contribution in [-0.2, 0) is 0 Å². The van der Waals surface area contributed by atoms with Gasteiger partial charge in [-0.2, -0.15) is 0 Å². The topological polar surface area (TPSA) is 28.7 Å². The largest absolute Gasteiger partial charge is 0.346 e. The number of aromatic nitrogens is 2. The molecule has 20 heavy (non-hydrogen) atoms. The summed E-state index contributed by atoms with van der Waals surface area (Å²) in [6, 6.07) is 8.21. The molecule has 0 saturated heterocycles. The van der Waals surface area contributed by atoms with Crippen LogP contribution in [0.3, 0.4) is 0 Å². The van der Waals surface area contributed by atoms with Crippen LogP contribution in [0, 0.1) is 12.3 Å². The number of fused-ring (bicyclic) bond motifs is 1. The van der Waals surface area contributed by atoms with Crippen molar-refractivity contribution in [1.82, 2.24) is 9.97 Å². The van der Waals surface area contributed by atoms with Gasteiger partial charge in [0.1, 0.15) is 5.65 Å². The Morgan fingerprint density at radius 1 is 1.20 bits per heavy atom. The summed E-state index contributed by atoms with van der Waals surface area (Å²) >= 11 is 0. The second-order valence-corrected chi connectivity index (χ2v) is 4.35. The fraction of sp³-hybridized carbons (Fsp3) is 0.0625. The zero-order chi connectivity index (χ0) is 14.1. The van der Waals surface area contributed by atoms with Crippen molar-refractivity contribution < 1.29 is 8.78 Å². The van der Waals surface area contributed by atoms with E-state index in [1.165, 1.54) is 6.07 Å². The number of alkyl halides is 2. The standard InChI is InChI=1S/C16H10F2N2/c1-2-10-7-13-14(9-20-16(13)19-8-10)11-5-3-4-6-12(11)15(17)18/h1,3-9,15H,(H,19,20). The van der Waals surface area contributed by atoms with Crippen LogP contribution in [0.25, 0.3) is 22.2 Å². The summed E-state index contributed by atoms with van der Waals surface area (Å²) in [5, 5.41) is 0.744. The summed E-state index contributed by atoms with van der Waals surface area (Å²) in [5.74, 6) is 2.50. The van der Waals surface area contributed by atoms with Gasteiger partial charge < -0.3 is 4.98 Å². The van der Waals surface area contributed by atoms with Gasteiger partial charge in [0, 0.05) is 34.5 Å².